The van der Waals surface area contributed by atoms with E-state index in [-0.39, 0.29) is 11.9 Å². The first kappa shape index (κ1) is 17.7. The molecule has 1 amide bonds. The Hall–Kier alpha value is -2.73. The van der Waals surface area contributed by atoms with E-state index in [0.717, 1.165) is 55.4 Å². The van der Waals surface area contributed by atoms with Crippen molar-refractivity contribution in [1.29, 1.82) is 0 Å². The second kappa shape index (κ2) is 8.31. The molecule has 3 heterocycles. The Morgan fingerprint density at radius 1 is 1.11 bits per heavy atom. The van der Waals surface area contributed by atoms with Gasteiger partial charge in [0.15, 0.2) is 0 Å². The normalized spacial score (nSPS) is 15.9. The van der Waals surface area contributed by atoms with Crippen molar-refractivity contribution in [3.8, 4) is 0 Å². The number of para-hydroxylation sites is 1. The van der Waals surface area contributed by atoms with Gasteiger partial charge in [0.2, 0.25) is 5.91 Å². The van der Waals surface area contributed by atoms with Crippen molar-refractivity contribution in [2.24, 2.45) is 0 Å². The molecule has 0 unspecified atom stereocenters. The van der Waals surface area contributed by atoms with Gasteiger partial charge < -0.3 is 5.32 Å². The number of nitrogens with one attached hydrogen (secondary N) is 1. The number of rotatable bonds is 7. The molecular weight excluding hydrogens is 338 g/mol. The lowest BCUT2D eigenvalue weighted by molar-refractivity contribution is -0.126. The van der Waals surface area contributed by atoms with Gasteiger partial charge in [0.05, 0.1) is 11.7 Å². The Morgan fingerprint density at radius 2 is 1.96 bits per heavy atom. The van der Waals surface area contributed by atoms with E-state index in [9.17, 15) is 4.79 Å². The first-order chi connectivity index (χ1) is 13.3. The van der Waals surface area contributed by atoms with Gasteiger partial charge in [-0.25, -0.2) is 0 Å². The van der Waals surface area contributed by atoms with E-state index in [1.54, 1.807) is 12.4 Å². The van der Waals surface area contributed by atoms with Crippen LogP contribution in [0.4, 0.5) is 0 Å². The SMILES string of the molecule is O=C(NCCCn1ncc2ccccc21)[C@H](c1cccnc1)N1CCCC1. The van der Waals surface area contributed by atoms with E-state index in [0.29, 0.717) is 6.54 Å². The molecule has 27 heavy (non-hydrogen) atoms. The van der Waals surface area contributed by atoms with Crippen LogP contribution in [0.25, 0.3) is 10.9 Å². The first-order valence-corrected chi connectivity index (χ1v) is 9.65. The molecule has 6 heteroatoms. The third-order valence-corrected chi connectivity index (χ3v) is 5.15. The zero-order valence-electron chi connectivity index (χ0n) is 15.4. The van der Waals surface area contributed by atoms with Crippen molar-refractivity contribution in [2.45, 2.75) is 31.8 Å². The summed E-state index contributed by atoms with van der Waals surface area (Å²) < 4.78 is 2.00. The predicted octanol–water partition coefficient (Wildman–Crippen LogP) is 2.77. The molecular formula is C21H25N5O. The van der Waals surface area contributed by atoms with Crippen LogP contribution < -0.4 is 5.32 Å². The fourth-order valence-electron chi connectivity index (χ4n) is 3.81. The van der Waals surface area contributed by atoms with Gasteiger partial charge in [-0.1, -0.05) is 24.3 Å². The maximum atomic E-state index is 12.9. The van der Waals surface area contributed by atoms with Gasteiger partial charge in [0.1, 0.15) is 6.04 Å². The largest absolute Gasteiger partial charge is 0.354 e. The summed E-state index contributed by atoms with van der Waals surface area (Å²) >= 11 is 0. The fourth-order valence-corrected chi connectivity index (χ4v) is 3.81. The zero-order chi connectivity index (χ0) is 18.5. The molecule has 1 fully saturated rings. The number of amides is 1. The van der Waals surface area contributed by atoms with Gasteiger partial charge in [-0.15, -0.1) is 0 Å². The van der Waals surface area contributed by atoms with Crippen LogP contribution in [0.5, 0.6) is 0 Å². The Morgan fingerprint density at radius 3 is 2.78 bits per heavy atom. The van der Waals surface area contributed by atoms with Crippen molar-refractivity contribution in [3.05, 3.63) is 60.6 Å². The van der Waals surface area contributed by atoms with Crippen LogP contribution in [0.3, 0.4) is 0 Å². The number of carbonyl (C=O) groups is 1. The summed E-state index contributed by atoms with van der Waals surface area (Å²) in [5.41, 5.74) is 2.10. The Balaban J connectivity index is 1.35. The van der Waals surface area contributed by atoms with Crippen LogP contribution in [-0.4, -0.2) is 45.2 Å². The third-order valence-electron chi connectivity index (χ3n) is 5.15. The van der Waals surface area contributed by atoms with E-state index >= 15 is 0 Å². The van der Waals surface area contributed by atoms with E-state index in [2.05, 4.69) is 32.4 Å². The minimum atomic E-state index is -0.244. The highest BCUT2D eigenvalue weighted by Gasteiger charge is 2.29. The number of aromatic nitrogens is 3. The van der Waals surface area contributed by atoms with Crippen LogP contribution >= 0.6 is 0 Å². The molecule has 0 spiro atoms. The highest BCUT2D eigenvalue weighted by molar-refractivity contribution is 5.83. The summed E-state index contributed by atoms with van der Waals surface area (Å²) in [6.45, 7) is 3.35. The number of hydrogen-bond donors (Lipinski definition) is 1. The Kier molecular flexibility index (Phi) is 5.44. The number of nitrogens with zero attached hydrogens (tertiary/aromatic N) is 4. The van der Waals surface area contributed by atoms with Crippen LogP contribution in [0.1, 0.15) is 30.9 Å². The summed E-state index contributed by atoms with van der Waals surface area (Å²) in [5.74, 6) is 0.0650. The van der Waals surface area contributed by atoms with Gasteiger partial charge >= 0.3 is 0 Å². The number of likely N-dealkylation sites (tertiary alicyclic amines) is 1. The minimum absolute atomic E-state index is 0.0650. The molecule has 0 saturated carbocycles. The summed E-state index contributed by atoms with van der Waals surface area (Å²) in [6.07, 6.45) is 8.58. The number of pyridine rings is 1. The van der Waals surface area contributed by atoms with Crippen molar-refractivity contribution in [3.63, 3.8) is 0 Å². The van der Waals surface area contributed by atoms with Gasteiger partial charge in [0.25, 0.3) is 0 Å². The molecule has 1 aliphatic rings. The zero-order valence-corrected chi connectivity index (χ0v) is 15.4. The highest BCUT2D eigenvalue weighted by atomic mass is 16.2. The smallest absolute Gasteiger partial charge is 0.242 e. The molecule has 4 rings (SSSR count). The molecule has 1 atom stereocenters. The molecule has 0 radical (unpaired) electrons. The Labute approximate surface area is 159 Å². The van der Waals surface area contributed by atoms with Crippen molar-refractivity contribution in [2.75, 3.05) is 19.6 Å². The monoisotopic (exact) mass is 363 g/mol. The van der Waals surface area contributed by atoms with Gasteiger partial charge in [0, 0.05) is 30.9 Å². The summed E-state index contributed by atoms with van der Waals surface area (Å²) in [6, 6.07) is 11.8. The van der Waals surface area contributed by atoms with Crippen molar-refractivity contribution in [1.82, 2.24) is 25.0 Å². The molecule has 6 nitrogen and oxygen atoms in total. The van der Waals surface area contributed by atoms with Crippen molar-refractivity contribution >= 4 is 16.8 Å². The highest BCUT2D eigenvalue weighted by Crippen LogP contribution is 2.24. The first-order valence-electron chi connectivity index (χ1n) is 9.65. The number of benzene rings is 1. The minimum Gasteiger partial charge on any atom is -0.354 e. The second-order valence-electron chi connectivity index (χ2n) is 7.00. The Bertz CT molecular complexity index is 886. The number of carbonyl (C=O) groups excluding carboxylic acids is 1. The van der Waals surface area contributed by atoms with Crippen LogP contribution in [0.2, 0.25) is 0 Å². The van der Waals surface area contributed by atoms with Crippen molar-refractivity contribution < 1.29 is 4.79 Å². The van der Waals surface area contributed by atoms with Gasteiger partial charge in [-0.05, 0) is 50.0 Å². The molecule has 3 aromatic rings. The molecule has 1 saturated heterocycles. The summed E-state index contributed by atoms with van der Waals surface area (Å²) in [7, 11) is 0. The van der Waals surface area contributed by atoms with Gasteiger partial charge in [-0.3, -0.25) is 19.4 Å². The average molecular weight is 363 g/mol. The second-order valence-corrected chi connectivity index (χ2v) is 7.00. The van der Waals surface area contributed by atoms with Crippen LogP contribution in [-0.2, 0) is 11.3 Å². The van der Waals surface area contributed by atoms with Crippen LogP contribution in [0, 0.1) is 0 Å². The van der Waals surface area contributed by atoms with Crippen LogP contribution in [0.15, 0.2) is 55.0 Å². The maximum absolute atomic E-state index is 12.9. The third kappa shape index (κ3) is 4.01. The molecule has 1 aromatic carbocycles. The number of hydrogen-bond acceptors (Lipinski definition) is 4. The molecule has 2 aromatic heterocycles. The molecule has 1 N–H and O–H groups in total. The average Bonchev–Trinajstić information content (AvgIpc) is 3.37. The van der Waals surface area contributed by atoms with Gasteiger partial charge in [-0.2, -0.15) is 5.10 Å². The summed E-state index contributed by atoms with van der Waals surface area (Å²) in [4.78, 5) is 19.4. The number of fused-ring (bicyclic) bond motifs is 1. The predicted molar refractivity (Wildman–Crippen MR) is 105 cm³/mol. The molecule has 0 bridgehead atoms. The number of aryl methyl sites for hydroxylation is 1. The van der Waals surface area contributed by atoms with E-state index in [4.69, 9.17) is 0 Å². The molecule has 0 aliphatic carbocycles. The lowest BCUT2D eigenvalue weighted by Crippen LogP contribution is -2.39. The molecule has 1 aliphatic heterocycles. The standard InChI is InChI=1S/C21H25N5O/c27-21(20(25-12-3-4-13-25)18-8-5-10-22-15-18)23-11-6-14-26-19-9-2-1-7-17(19)16-24-26/h1-2,5,7-10,15-16,20H,3-4,6,11-14H2,(H,23,27)/t20-/m0/s1. The quantitative estimate of drug-likeness (QED) is 0.656. The maximum Gasteiger partial charge on any atom is 0.242 e. The van der Waals surface area contributed by atoms with E-state index in [1.165, 1.54) is 0 Å². The molecule has 140 valence electrons. The van der Waals surface area contributed by atoms with E-state index in [1.807, 2.05) is 35.1 Å². The lowest BCUT2D eigenvalue weighted by Gasteiger charge is -2.26. The summed E-state index contributed by atoms with van der Waals surface area (Å²) in [5, 5.41) is 8.71. The fraction of sp³-hybridized carbons (Fsp3) is 0.381. The van der Waals surface area contributed by atoms with E-state index < -0.39 is 0 Å². The lowest BCUT2D eigenvalue weighted by atomic mass is 10.1. The topological polar surface area (TPSA) is 63.1 Å².